The van der Waals surface area contributed by atoms with E-state index in [-0.39, 0.29) is 86.6 Å². The molecule has 6 aliphatic rings. The lowest BCUT2D eigenvalue weighted by Gasteiger charge is -2.37. The highest BCUT2D eigenvalue weighted by molar-refractivity contribution is 6.22. The number of carbonyl (C=O) groups excluding carboxylic acids is 4. The first kappa shape index (κ1) is 68.9. The SMILES string of the molecule is CC(C)N1C(=O)N(c2ccc(N3CCN(c4ccc(OC[C@H]5OC[C@](Cn6cncn6)(c6ccc(F)cc6F)O5)cc4)CC3)cc2)C(=O)C1CCCCC1C(=O)N(c2ccc(N3CCN(c4ccc(OC[C@H]5OC[C@](Cn6cncn6)(c6ccc(F)cc6F)O5)cc4)CC3)cc2)C(=O)N1C(C)C. The van der Waals surface area contributed by atoms with Crippen LogP contribution in [-0.4, -0.2) is 179 Å². The number of halogens is 4. The number of imide groups is 2. The largest absolute Gasteiger partial charge is 0.488 e. The Morgan fingerprint density at radius 3 is 1.11 bits per heavy atom. The summed E-state index contributed by atoms with van der Waals surface area (Å²) in [7, 11) is 0. The lowest BCUT2D eigenvalue weighted by Crippen LogP contribution is -2.46. The van der Waals surface area contributed by atoms with Gasteiger partial charge in [0.15, 0.2) is 12.6 Å². The van der Waals surface area contributed by atoms with Gasteiger partial charge in [-0.25, -0.2) is 56.3 Å². The van der Waals surface area contributed by atoms with E-state index < -0.39 is 59.1 Å². The van der Waals surface area contributed by atoms with Gasteiger partial charge in [-0.1, -0.05) is 25.0 Å². The number of piperazine rings is 2. The minimum atomic E-state index is -1.29. The number of hydrogen-bond donors (Lipinski definition) is 0. The molecule has 8 heterocycles. The third-order valence-corrected chi connectivity index (χ3v) is 19.8. The summed E-state index contributed by atoms with van der Waals surface area (Å²) in [5.74, 6) is -2.31. The highest BCUT2D eigenvalue weighted by Crippen LogP contribution is 2.41. The molecule has 0 radical (unpaired) electrons. The molecule has 102 heavy (non-hydrogen) atoms. The first-order valence-electron chi connectivity index (χ1n) is 34.5. The number of anilines is 6. The van der Waals surface area contributed by atoms with Crippen LogP contribution < -0.4 is 38.9 Å². The summed E-state index contributed by atoms with van der Waals surface area (Å²) in [5, 5.41) is 8.31. The molecule has 6 atom stereocenters. The average molecular weight is 1400 g/mol. The predicted molar refractivity (Wildman–Crippen MR) is 369 cm³/mol. The van der Waals surface area contributed by atoms with Gasteiger partial charge in [0, 0.05) is 110 Å². The Morgan fingerprint density at radius 2 is 0.794 bits per heavy atom. The van der Waals surface area contributed by atoms with E-state index in [4.69, 9.17) is 28.4 Å². The predicted octanol–water partition coefficient (Wildman–Crippen LogP) is 10.1. The monoisotopic (exact) mass is 1400 g/mol. The summed E-state index contributed by atoms with van der Waals surface area (Å²) in [4.78, 5) is 79.9. The van der Waals surface area contributed by atoms with Gasteiger partial charge in [0.1, 0.15) is 96.6 Å². The molecule has 24 nitrogen and oxygen atoms in total. The normalized spacial score (nSPS) is 22.6. The number of benzene rings is 6. The van der Waals surface area contributed by atoms with E-state index in [0.29, 0.717) is 48.6 Å². The topological polar surface area (TPSA) is 211 Å². The molecule has 14 rings (SSSR count). The van der Waals surface area contributed by atoms with Crippen LogP contribution in [0.3, 0.4) is 0 Å². The average Bonchev–Trinajstić information content (AvgIpc) is 1.61. The Bertz CT molecular complexity index is 3970. The Hall–Kier alpha value is -10.2. The van der Waals surface area contributed by atoms with Crippen molar-refractivity contribution in [3.05, 3.63) is 193 Å². The second kappa shape index (κ2) is 29.4. The Morgan fingerprint density at radius 1 is 0.461 bits per heavy atom. The van der Waals surface area contributed by atoms with Crippen molar-refractivity contribution in [2.75, 3.05) is 108 Å². The number of hydrogen-bond acceptors (Lipinski definition) is 18. The van der Waals surface area contributed by atoms with Gasteiger partial charge in [-0.05, 0) is 150 Å². The molecule has 6 fully saturated rings. The van der Waals surface area contributed by atoms with Crippen LogP contribution in [0.4, 0.5) is 61.3 Å². The van der Waals surface area contributed by atoms with Gasteiger partial charge in [-0.3, -0.25) is 9.59 Å². The number of nitrogens with zero attached hydrogens (tertiary/aromatic N) is 14. The third kappa shape index (κ3) is 14.3. The lowest BCUT2D eigenvalue weighted by molar-refractivity contribution is -0.121. The summed E-state index contributed by atoms with van der Waals surface area (Å²) >= 11 is 0. The van der Waals surface area contributed by atoms with Crippen molar-refractivity contribution in [2.45, 2.75) is 114 Å². The standard InChI is InChI=1S/C74H80F4N14O10/c1-49(2)89-65(69(93)91(71(89)95)57-15-11-53(12-16-57)83-29-33-85(34-30-83)55-19-23-59(24-20-55)97-39-67-99-43-73(101-67,41-87-47-79-45-81-87)61-27-9-51(75)37-63(61)77)7-5-6-8-66-70(94)92(72(96)90(66)50(3)4)58-17-13-54(14-18-58)84-31-35-86(36-32-84)56-21-25-60(26-22-56)98-40-68-100-44-74(102-68,42-88-48-80-46-82-88)62-28-10-52(76)38-64(62)78/h9-28,37-38,45-50,65-68H,5-8,29-36,39-44H2,1-4H3/t65?,66?,67-,68-,73+,74+/m0/s1. The number of unbranched alkanes of at least 4 members (excludes halogenated alkanes) is 1. The fraction of sp³-hybridized carbons (Fsp3) is 0.405. The van der Waals surface area contributed by atoms with E-state index in [1.807, 2.05) is 125 Å². The maximum Gasteiger partial charge on any atom is 0.332 e. The van der Waals surface area contributed by atoms with Crippen LogP contribution >= 0.6 is 0 Å². The van der Waals surface area contributed by atoms with Crippen LogP contribution in [0, 0.1) is 23.3 Å². The van der Waals surface area contributed by atoms with Gasteiger partial charge >= 0.3 is 12.1 Å². The van der Waals surface area contributed by atoms with Gasteiger partial charge in [0.05, 0.1) is 37.7 Å². The summed E-state index contributed by atoms with van der Waals surface area (Å²) in [6, 6.07) is 34.6. The summed E-state index contributed by atoms with van der Waals surface area (Å²) in [6.07, 6.45) is 5.92. The molecule has 6 aromatic carbocycles. The van der Waals surface area contributed by atoms with Crippen molar-refractivity contribution >= 4 is 58.0 Å². The lowest BCUT2D eigenvalue weighted by atomic mass is 9.94. The van der Waals surface area contributed by atoms with Crippen molar-refractivity contribution < 1.29 is 65.2 Å². The second-order valence-electron chi connectivity index (χ2n) is 27.0. The Labute approximate surface area is 587 Å². The number of ether oxygens (including phenoxy) is 6. The van der Waals surface area contributed by atoms with Crippen molar-refractivity contribution in [1.29, 1.82) is 0 Å². The zero-order valence-electron chi connectivity index (χ0n) is 57.1. The fourth-order valence-electron chi connectivity index (χ4n) is 14.7. The molecule has 0 bridgehead atoms. The van der Waals surface area contributed by atoms with Crippen molar-refractivity contribution in [3.63, 3.8) is 0 Å². The minimum absolute atomic E-state index is 0.0127. The van der Waals surface area contributed by atoms with Gasteiger partial charge in [-0.15, -0.1) is 0 Å². The van der Waals surface area contributed by atoms with Gasteiger partial charge < -0.3 is 57.8 Å². The maximum absolute atomic E-state index is 15.1. The van der Waals surface area contributed by atoms with Gasteiger partial charge in [-0.2, -0.15) is 10.2 Å². The zero-order valence-corrected chi connectivity index (χ0v) is 57.1. The first-order chi connectivity index (χ1) is 49.4. The van der Waals surface area contributed by atoms with Crippen LogP contribution in [0.25, 0.3) is 0 Å². The molecule has 28 heteroatoms. The molecule has 0 aliphatic carbocycles. The summed E-state index contributed by atoms with van der Waals surface area (Å²) < 4.78 is 97.7. The molecular weight excluding hydrogens is 1320 g/mol. The van der Waals surface area contributed by atoms with Crippen molar-refractivity contribution in [3.8, 4) is 11.5 Å². The van der Waals surface area contributed by atoms with E-state index in [1.165, 1.54) is 68.7 Å². The number of urea groups is 2. The molecule has 0 N–H and O–H groups in total. The highest BCUT2D eigenvalue weighted by Gasteiger charge is 2.50. The minimum Gasteiger partial charge on any atom is -0.488 e. The summed E-state index contributed by atoms with van der Waals surface area (Å²) in [5.41, 5.74) is 2.68. The Kier molecular flexibility index (Phi) is 19.9. The highest BCUT2D eigenvalue weighted by atomic mass is 19.1. The van der Waals surface area contributed by atoms with E-state index in [2.05, 4.69) is 39.8 Å². The van der Waals surface area contributed by atoms with Crippen LogP contribution in [0.2, 0.25) is 0 Å². The molecule has 2 aromatic heterocycles. The van der Waals surface area contributed by atoms with Crippen LogP contribution in [0.15, 0.2) is 159 Å². The molecule has 8 aromatic rings. The molecule has 6 amide bonds. The quantitative estimate of drug-likeness (QED) is 0.0296. The van der Waals surface area contributed by atoms with E-state index in [0.717, 1.165) is 87.2 Å². The molecule has 2 unspecified atom stereocenters. The number of amides is 6. The van der Waals surface area contributed by atoms with Crippen LogP contribution in [0.1, 0.15) is 64.5 Å². The van der Waals surface area contributed by atoms with E-state index in [9.17, 15) is 28.0 Å². The van der Waals surface area contributed by atoms with Crippen molar-refractivity contribution in [1.82, 2.24) is 39.3 Å². The molecule has 6 aliphatic heterocycles. The fourth-order valence-corrected chi connectivity index (χ4v) is 14.7. The second-order valence-corrected chi connectivity index (χ2v) is 27.0. The smallest absolute Gasteiger partial charge is 0.332 e. The third-order valence-electron chi connectivity index (χ3n) is 19.8. The van der Waals surface area contributed by atoms with E-state index in [1.54, 1.807) is 9.80 Å². The number of aromatic nitrogens is 6. The maximum atomic E-state index is 15.1. The van der Waals surface area contributed by atoms with Crippen LogP contribution in [-0.2, 0) is 52.8 Å². The first-order valence-corrected chi connectivity index (χ1v) is 34.5. The molecule has 534 valence electrons. The number of carbonyl (C=O) groups is 4. The van der Waals surface area contributed by atoms with E-state index >= 15 is 8.78 Å². The molecule has 6 saturated heterocycles. The van der Waals surface area contributed by atoms with Crippen molar-refractivity contribution in [2.24, 2.45) is 0 Å². The molecule has 0 saturated carbocycles. The molecule has 0 spiro atoms. The summed E-state index contributed by atoms with van der Waals surface area (Å²) in [6.45, 7) is 13.7. The molecular formula is C74H80F4N14O10. The van der Waals surface area contributed by atoms with Gasteiger partial charge in [0.2, 0.25) is 0 Å². The Balaban J connectivity index is 0.521. The number of rotatable bonds is 25. The van der Waals surface area contributed by atoms with Gasteiger partial charge in [0.25, 0.3) is 11.8 Å². The zero-order chi connectivity index (χ0) is 70.8. The van der Waals surface area contributed by atoms with Crippen LogP contribution in [0.5, 0.6) is 11.5 Å².